The third kappa shape index (κ3) is 2.65. The van der Waals surface area contributed by atoms with Gasteiger partial charge in [0, 0.05) is 12.4 Å². The molecule has 0 spiro atoms. The second-order valence-electron chi connectivity index (χ2n) is 2.44. The summed E-state index contributed by atoms with van der Waals surface area (Å²) < 4.78 is 14.7. The van der Waals surface area contributed by atoms with Crippen LogP contribution in [0, 0.1) is 0 Å². The molecule has 0 saturated heterocycles. The van der Waals surface area contributed by atoms with Gasteiger partial charge in [-0.1, -0.05) is 0 Å². The third-order valence-electron chi connectivity index (χ3n) is 1.50. The van der Waals surface area contributed by atoms with Crippen LogP contribution >= 0.6 is 0 Å². The van der Waals surface area contributed by atoms with Gasteiger partial charge in [-0.05, 0) is 6.07 Å². The molecule has 1 amide bonds. The highest BCUT2D eigenvalue weighted by Gasteiger charge is 2.16. The van der Waals surface area contributed by atoms with Gasteiger partial charge in [0.2, 0.25) is 17.0 Å². The van der Waals surface area contributed by atoms with Crippen LogP contribution in [0.2, 0.25) is 0 Å². The topological polar surface area (TPSA) is 125 Å². The van der Waals surface area contributed by atoms with E-state index in [1.807, 2.05) is 0 Å². The molecule has 8 heteroatoms. The summed E-state index contributed by atoms with van der Waals surface area (Å²) in [5, 5.41) is -0.881. The molecule has 1 aromatic rings. The van der Waals surface area contributed by atoms with Crippen LogP contribution in [0.5, 0.6) is 0 Å². The minimum absolute atomic E-state index is 0.0369. The largest absolute Gasteiger partial charge is 0.366 e. The summed E-state index contributed by atoms with van der Waals surface area (Å²) in [6.07, 6.45) is 2.32. The number of amides is 1. The zero-order valence-corrected chi connectivity index (χ0v) is 8.19. The van der Waals surface area contributed by atoms with Crippen molar-refractivity contribution >= 4 is 22.1 Å². The van der Waals surface area contributed by atoms with Gasteiger partial charge in [0.15, 0.2) is 0 Å². The fraction of sp³-hybridized carbons (Fsp3) is 0. The van der Waals surface area contributed by atoms with Crippen LogP contribution in [0.25, 0.3) is 0 Å². The molecule has 1 heterocycles. The molecule has 0 saturated carbocycles. The standard InChI is InChI=1S/C7H7N3O4S/c8-6(11)4-1-5(3-10-2-4)7(12)15(13)14-9/h1-3H,9H2,(H2,8,11). The molecule has 7 nitrogen and oxygen atoms in total. The van der Waals surface area contributed by atoms with Crippen molar-refractivity contribution in [3.05, 3.63) is 29.6 Å². The number of carbonyl (C=O) groups is 2. The monoisotopic (exact) mass is 229 g/mol. The van der Waals surface area contributed by atoms with E-state index in [1.165, 1.54) is 6.20 Å². The Morgan fingerprint density at radius 3 is 2.47 bits per heavy atom. The highest BCUT2D eigenvalue weighted by molar-refractivity contribution is 7.96. The lowest BCUT2D eigenvalue weighted by Crippen LogP contribution is -2.16. The second-order valence-corrected chi connectivity index (χ2v) is 3.48. The third-order valence-corrected chi connectivity index (χ3v) is 2.21. The highest BCUT2D eigenvalue weighted by Crippen LogP contribution is 2.05. The molecule has 0 aromatic carbocycles. The molecule has 1 atom stereocenters. The summed E-state index contributed by atoms with van der Waals surface area (Å²) >= 11 is -2.30. The van der Waals surface area contributed by atoms with Crippen LogP contribution < -0.4 is 11.6 Å². The van der Waals surface area contributed by atoms with Gasteiger partial charge in [-0.25, -0.2) is 4.21 Å². The van der Waals surface area contributed by atoms with E-state index in [2.05, 4.69) is 15.2 Å². The molecular weight excluding hydrogens is 222 g/mol. The lowest BCUT2D eigenvalue weighted by molar-refractivity contribution is 0.1000. The molecule has 1 unspecified atom stereocenters. The zero-order chi connectivity index (χ0) is 11.4. The van der Waals surface area contributed by atoms with Crippen molar-refractivity contribution in [1.29, 1.82) is 0 Å². The fourth-order valence-electron chi connectivity index (χ4n) is 0.826. The number of carbonyl (C=O) groups excluding carboxylic acids is 2. The Hall–Kier alpha value is -1.64. The van der Waals surface area contributed by atoms with Crippen LogP contribution in [0.15, 0.2) is 18.5 Å². The van der Waals surface area contributed by atoms with Crippen molar-refractivity contribution in [2.75, 3.05) is 0 Å². The number of nitrogens with two attached hydrogens (primary N) is 2. The summed E-state index contributed by atoms with van der Waals surface area (Å²) in [6, 6.07) is 1.16. The lowest BCUT2D eigenvalue weighted by atomic mass is 10.2. The average Bonchev–Trinajstić information content (AvgIpc) is 2.27. The van der Waals surface area contributed by atoms with Crippen molar-refractivity contribution in [1.82, 2.24) is 4.98 Å². The predicted octanol–water partition coefficient (Wildman–Crippen LogP) is -1.13. The number of aromatic nitrogens is 1. The van der Waals surface area contributed by atoms with E-state index in [-0.39, 0.29) is 11.1 Å². The Bertz CT molecular complexity index is 434. The first-order valence-electron chi connectivity index (χ1n) is 3.64. The normalized spacial score (nSPS) is 12.1. The summed E-state index contributed by atoms with van der Waals surface area (Å²) in [4.78, 5) is 25.6. The van der Waals surface area contributed by atoms with E-state index >= 15 is 0 Å². The molecule has 80 valence electrons. The maximum atomic E-state index is 11.3. The predicted molar refractivity (Wildman–Crippen MR) is 50.5 cm³/mol. The van der Waals surface area contributed by atoms with Gasteiger partial charge >= 0.3 is 0 Å². The molecule has 0 aliphatic rings. The lowest BCUT2D eigenvalue weighted by Gasteiger charge is -1.99. The number of pyridine rings is 1. The maximum Gasteiger partial charge on any atom is 0.279 e. The fourth-order valence-corrected chi connectivity index (χ4v) is 1.22. The molecule has 15 heavy (non-hydrogen) atoms. The number of hydrogen-bond acceptors (Lipinski definition) is 6. The van der Waals surface area contributed by atoms with Gasteiger partial charge in [0.1, 0.15) is 0 Å². The summed E-state index contributed by atoms with van der Waals surface area (Å²) in [5.41, 5.74) is 4.95. The van der Waals surface area contributed by atoms with Gasteiger partial charge in [-0.3, -0.25) is 14.6 Å². The first-order valence-corrected chi connectivity index (χ1v) is 4.72. The smallest absolute Gasteiger partial charge is 0.279 e. The Morgan fingerprint density at radius 1 is 1.33 bits per heavy atom. The molecule has 0 aliphatic carbocycles. The average molecular weight is 229 g/mol. The van der Waals surface area contributed by atoms with Crippen molar-refractivity contribution < 1.29 is 18.1 Å². The van der Waals surface area contributed by atoms with Crippen LogP contribution in [-0.2, 0) is 15.4 Å². The minimum atomic E-state index is -2.30. The van der Waals surface area contributed by atoms with E-state index in [9.17, 15) is 13.8 Å². The number of rotatable bonds is 3. The van der Waals surface area contributed by atoms with E-state index in [0.717, 1.165) is 12.3 Å². The first-order chi connectivity index (χ1) is 7.06. The first kappa shape index (κ1) is 11.4. The molecule has 0 radical (unpaired) electrons. The molecule has 1 rings (SSSR count). The van der Waals surface area contributed by atoms with E-state index < -0.39 is 22.1 Å². The highest BCUT2D eigenvalue weighted by atomic mass is 32.2. The van der Waals surface area contributed by atoms with Crippen molar-refractivity contribution in [2.45, 2.75) is 0 Å². The molecule has 0 aliphatic heterocycles. The maximum absolute atomic E-state index is 11.3. The Labute approximate surface area is 87.0 Å². The zero-order valence-electron chi connectivity index (χ0n) is 7.38. The van der Waals surface area contributed by atoms with Crippen LogP contribution in [0.3, 0.4) is 0 Å². The quantitative estimate of drug-likeness (QED) is 0.632. The molecule has 0 bridgehead atoms. The van der Waals surface area contributed by atoms with Crippen molar-refractivity contribution in [3.8, 4) is 0 Å². The van der Waals surface area contributed by atoms with Gasteiger partial charge < -0.3 is 5.73 Å². The van der Waals surface area contributed by atoms with E-state index in [0.29, 0.717) is 0 Å². The van der Waals surface area contributed by atoms with Gasteiger partial charge in [0.25, 0.3) is 5.12 Å². The van der Waals surface area contributed by atoms with Crippen molar-refractivity contribution in [2.24, 2.45) is 11.6 Å². The minimum Gasteiger partial charge on any atom is -0.366 e. The van der Waals surface area contributed by atoms with Gasteiger partial charge in [-0.15, -0.1) is 0 Å². The number of nitrogens with zero attached hydrogens (tertiary/aromatic N) is 1. The molecule has 4 N–H and O–H groups in total. The van der Waals surface area contributed by atoms with Gasteiger partial charge in [-0.2, -0.15) is 10.2 Å². The SMILES string of the molecule is NOS(=O)C(=O)c1cncc(C(N)=O)c1. The molecular formula is C7H7N3O4S. The van der Waals surface area contributed by atoms with Gasteiger partial charge in [0.05, 0.1) is 11.1 Å². The molecule has 1 aromatic heterocycles. The number of primary amides is 1. The van der Waals surface area contributed by atoms with Crippen LogP contribution in [-0.4, -0.2) is 20.2 Å². The summed E-state index contributed by atoms with van der Waals surface area (Å²) in [5.74, 6) is 3.84. The Kier molecular flexibility index (Phi) is 3.61. The Morgan fingerprint density at radius 2 is 1.93 bits per heavy atom. The number of hydrogen-bond donors (Lipinski definition) is 2. The van der Waals surface area contributed by atoms with Crippen LogP contribution in [0.1, 0.15) is 20.7 Å². The summed E-state index contributed by atoms with van der Waals surface area (Å²) in [6.45, 7) is 0. The second kappa shape index (κ2) is 4.73. The Balaban J connectivity index is 3.05. The molecule has 0 fully saturated rings. The van der Waals surface area contributed by atoms with Crippen molar-refractivity contribution in [3.63, 3.8) is 0 Å². The van der Waals surface area contributed by atoms with E-state index in [1.54, 1.807) is 0 Å². The van der Waals surface area contributed by atoms with Crippen LogP contribution in [0.4, 0.5) is 0 Å². The van der Waals surface area contributed by atoms with E-state index in [4.69, 9.17) is 5.73 Å². The summed E-state index contributed by atoms with van der Waals surface area (Å²) in [7, 11) is 0.